The number of nitrogens with one attached hydrogen (secondary N) is 1. The number of dihydropyridines is 1. The maximum atomic E-state index is 13.5. The highest BCUT2D eigenvalue weighted by molar-refractivity contribution is 6.04. The van der Waals surface area contributed by atoms with E-state index >= 15 is 0 Å². The van der Waals surface area contributed by atoms with Crippen molar-refractivity contribution in [3.05, 3.63) is 50.4 Å². The number of methoxy groups -OCH3 is 2. The molecule has 1 aromatic carbocycles. The van der Waals surface area contributed by atoms with E-state index < -0.39 is 16.8 Å². The number of benzene rings is 1. The van der Waals surface area contributed by atoms with E-state index in [2.05, 4.69) is 5.32 Å². The summed E-state index contributed by atoms with van der Waals surface area (Å²) in [6.07, 6.45) is 4.20. The van der Waals surface area contributed by atoms with Gasteiger partial charge in [-0.3, -0.25) is 14.9 Å². The van der Waals surface area contributed by atoms with Crippen LogP contribution in [0.5, 0.6) is 11.5 Å². The third kappa shape index (κ3) is 4.63. The normalized spacial score (nSPS) is 22.0. The highest BCUT2D eigenvalue weighted by Crippen LogP contribution is 2.50. The lowest BCUT2D eigenvalue weighted by Gasteiger charge is -2.39. The summed E-state index contributed by atoms with van der Waals surface area (Å²) in [6.45, 7) is 5.76. The fourth-order valence-electron chi connectivity index (χ4n) is 5.51. The molecule has 1 N–H and O–H groups in total. The van der Waals surface area contributed by atoms with Crippen molar-refractivity contribution in [3.8, 4) is 11.5 Å². The largest absolute Gasteiger partial charge is 0.493 e. The lowest BCUT2D eigenvalue weighted by atomic mass is 9.68. The van der Waals surface area contributed by atoms with Gasteiger partial charge in [0.1, 0.15) is 6.10 Å². The second-order valence-corrected chi connectivity index (χ2v) is 10.3. The number of rotatable bonds is 6. The number of hydrogen-bond donors (Lipinski definition) is 1. The summed E-state index contributed by atoms with van der Waals surface area (Å²) < 4.78 is 16.6. The molecule has 0 spiro atoms. The van der Waals surface area contributed by atoms with Gasteiger partial charge in [0, 0.05) is 29.0 Å². The molecule has 9 nitrogen and oxygen atoms in total. The van der Waals surface area contributed by atoms with Gasteiger partial charge in [0.2, 0.25) is 0 Å². The van der Waals surface area contributed by atoms with E-state index in [4.69, 9.17) is 14.2 Å². The standard InChI is InChI=1S/C26H32N2O7/c1-14-22(25(30)35-15-8-6-7-9-15)23(24-17(27-14)12-26(2,3)13-19(24)29)16-10-20(33-4)21(34-5)11-18(16)28(31)32/h10-11,15,23,27H,6-9,12-13H2,1-5H3/t23-/m1/s1. The zero-order chi connectivity index (χ0) is 25.5. The van der Waals surface area contributed by atoms with Crippen molar-refractivity contribution in [2.24, 2.45) is 5.41 Å². The molecule has 0 saturated heterocycles. The number of ether oxygens (including phenoxy) is 3. The molecule has 1 aliphatic heterocycles. The van der Waals surface area contributed by atoms with Crippen LogP contribution in [0.25, 0.3) is 0 Å². The number of nitro benzene ring substituents is 1. The molecular weight excluding hydrogens is 452 g/mol. The summed E-state index contributed by atoms with van der Waals surface area (Å²) >= 11 is 0. The predicted molar refractivity (Wildman–Crippen MR) is 128 cm³/mol. The first-order valence-electron chi connectivity index (χ1n) is 11.9. The maximum Gasteiger partial charge on any atom is 0.337 e. The highest BCUT2D eigenvalue weighted by atomic mass is 16.6. The Bertz CT molecular complexity index is 1140. The van der Waals surface area contributed by atoms with Crippen LogP contribution in [0, 0.1) is 15.5 Å². The van der Waals surface area contributed by atoms with Gasteiger partial charge < -0.3 is 19.5 Å². The summed E-state index contributed by atoms with van der Waals surface area (Å²) in [6, 6.07) is 2.78. The van der Waals surface area contributed by atoms with Crippen molar-refractivity contribution in [2.75, 3.05) is 14.2 Å². The summed E-state index contributed by atoms with van der Waals surface area (Å²) in [7, 11) is 2.83. The van der Waals surface area contributed by atoms with Gasteiger partial charge in [0.05, 0.1) is 36.7 Å². The van der Waals surface area contributed by atoms with Gasteiger partial charge in [0.15, 0.2) is 17.3 Å². The Hall–Kier alpha value is -3.36. The Kier molecular flexibility index (Phi) is 6.62. The SMILES string of the molecule is COc1cc([C@@H]2C(C(=O)OC3CCCC3)=C(C)NC3=C2C(=O)CC(C)(C)C3)c([N+](=O)[O-])cc1OC. The highest BCUT2D eigenvalue weighted by Gasteiger charge is 2.46. The van der Waals surface area contributed by atoms with Crippen molar-refractivity contribution in [3.63, 3.8) is 0 Å². The van der Waals surface area contributed by atoms with Crippen LogP contribution in [0.4, 0.5) is 5.69 Å². The van der Waals surface area contributed by atoms with Gasteiger partial charge in [-0.1, -0.05) is 13.8 Å². The van der Waals surface area contributed by atoms with Crippen LogP contribution in [0.3, 0.4) is 0 Å². The van der Waals surface area contributed by atoms with Crippen LogP contribution in [-0.2, 0) is 14.3 Å². The summed E-state index contributed by atoms with van der Waals surface area (Å²) in [5.41, 5.74) is 1.49. The fourth-order valence-corrected chi connectivity index (χ4v) is 5.51. The number of carbonyl (C=O) groups excluding carboxylic acids is 2. The quantitative estimate of drug-likeness (QED) is 0.351. The van der Waals surface area contributed by atoms with E-state index in [-0.39, 0.29) is 52.0 Å². The number of allylic oxidation sites excluding steroid dienone is 3. The van der Waals surface area contributed by atoms with E-state index in [1.165, 1.54) is 26.4 Å². The molecule has 0 amide bonds. The van der Waals surface area contributed by atoms with Crippen LogP contribution in [0.2, 0.25) is 0 Å². The van der Waals surface area contributed by atoms with E-state index in [1.807, 2.05) is 13.8 Å². The second kappa shape index (κ2) is 9.36. The molecule has 1 saturated carbocycles. The minimum absolute atomic E-state index is 0.142. The van der Waals surface area contributed by atoms with Gasteiger partial charge in [-0.25, -0.2) is 4.79 Å². The van der Waals surface area contributed by atoms with Crippen LogP contribution >= 0.6 is 0 Å². The number of Topliss-reactive ketones (excluding diaryl/α,β-unsaturated/α-hetero) is 1. The zero-order valence-corrected chi connectivity index (χ0v) is 20.9. The molecule has 0 bridgehead atoms. The molecule has 1 aromatic rings. The number of nitro groups is 1. The van der Waals surface area contributed by atoms with Crippen molar-refractivity contribution in [1.29, 1.82) is 0 Å². The van der Waals surface area contributed by atoms with Gasteiger partial charge in [-0.05, 0) is 50.5 Å². The molecule has 4 rings (SSSR count). The molecule has 0 aromatic heterocycles. The minimum Gasteiger partial charge on any atom is -0.493 e. The molecule has 2 aliphatic carbocycles. The zero-order valence-electron chi connectivity index (χ0n) is 20.9. The van der Waals surface area contributed by atoms with Crippen LogP contribution < -0.4 is 14.8 Å². The van der Waals surface area contributed by atoms with Crippen LogP contribution in [0.1, 0.15) is 70.8 Å². The van der Waals surface area contributed by atoms with Crippen LogP contribution in [-0.4, -0.2) is 37.0 Å². The molecule has 0 radical (unpaired) electrons. The number of ketones is 1. The van der Waals surface area contributed by atoms with E-state index in [0.29, 0.717) is 23.4 Å². The molecular formula is C26H32N2O7. The molecule has 0 unspecified atom stereocenters. The van der Waals surface area contributed by atoms with Gasteiger partial charge in [-0.15, -0.1) is 0 Å². The third-order valence-electron chi connectivity index (χ3n) is 7.08. The maximum absolute atomic E-state index is 13.5. The topological polar surface area (TPSA) is 117 Å². The molecule has 9 heteroatoms. The smallest absolute Gasteiger partial charge is 0.337 e. The molecule has 35 heavy (non-hydrogen) atoms. The molecule has 1 fully saturated rings. The Balaban J connectivity index is 1.93. The monoisotopic (exact) mass is 484 g/mol. The van der Waals surface area contributed by atoms with E-state index in [9.17, 15) is 19.7 Å². The van der Waals surface area contributed by atoms with Crippen molar-refractivity contribution >= 4 is 17.4 Å². The first kappa shape index (κ1) is 24.8. The average molecular weight is 485 g/mol. The van der Waals surface area contributed by atoms with Gasteiger partial charge >= 0.3 is 5.97 Å². The number of carbonyl (C=O) groups is 2. The summed E-state index contributed by atoms with van der Waals surface area (Å²) in [5, 5.41) is 15.4. The Labute approximate surface area is 204 Å². The Morgan fingerprint density at radius 2 is 1.74 bits per heavy atom. The molecule has 1 atom stereocenters. The molecule has 3 aliphatic rings. The number of nitrogens with zero attached hydrogens (tertiary/aromatic N) is 1. The molecule has 188 valence electrons. The van der Waals surface area contributed by atoms with Crippen molar-refractivity contribution in [1.82, 2.24) is 5.32 Å². The van der Waals surface area contributed by atoms with Crippen LogP contribution in [0.15, 0.2) is 34.7 Å². The van der Waals surface area contributed by atoms with E-state index in [1.54, 1.807) is 6.92 Å². The Morgan fingerprint density at radius 1 is 1.11 bits per heavy atom. The van der Waals surface area contributed by atoms with E-state index in [0.717, 1.165) is 25.7 Å². The number of hydrogen-bond acceptors (Lipinski definition) is 8. The minimum atomic E-state index is -0.955. The lowest BCUT2D eigenvalue weighted by molar-refractivity contribution is -0.385. The predicted octanol–water partition coefficient (Wildman–Crippen LogP) is 4.70. The first-order chi connectivity index (χ1) is 16.6. The van der Waals surface area contributed by atoms with Crippen molar-refractivity contribution < 1.29 is 28.7 Å². The average Bonchev–Trinajstić information content (AvgIpc) is 3.29. The van der Waals surface area contributed by atoms with Gasteiger partial charge in [0.25, 0.3) is 5.69 Å². The third-order valence-corrected chi connectivity index (χ3v) is 7.08. The lowest BCUT2D eigenvalue weighted by Crippen LogP contribution is -2.39. The molecule has 1 heterocycles. The van der Waals surface area contributed by atoms with Gasteiger partial charge in [-0.2, -0.15) is 0 Å². The first-order valence-corrected chi connectivity index (χ1v) is 11.9. The number of esters is 1. The Morgan fingerprint density at radius 3 is 2.34 bits per heavy atom. The van der Waals surface area contributed by atoms with Crippen molar-refractivity contribution in [2.45, 2.75) is 71.3 Å². The summed E-state index contributed by atoms with van der Waals surface area (Å²) in [5.74, 6) is -1.18. The summed E-state index contributed by atoms with van der Waals surface area (Å²) in [4.78, 5) is 38.7. The second-order valence-electron chi connectivity index (χ2n) is 10.3. The fraction of sp³-hybridized carbons (Fsp3) is 0.538.